The zero-order valence-corrected chi connectivity index (χ0v) is 12.4. The van der Waals surface area contributed by atoms with Gasteiger partial charge in [-0.05, 0) is 31.3 Å². The standard InChI is InChI=1S/C12H11ClN4O3S/c1-14-21(19,20)9-4-2-8(3-5-9)16-12(18)10-6-15-7-11(13)17-10/h2-7,14H,1H3,(H,16,18). The van der Waals surface area contributed by atoms with Crippen molar-refractivity contribution in [3.63, 3.8) is 0 Å². The molecule has 110 valence electrons. The highest BCUT2D eigenvalue weighted by Crippen LogP contribution is 2.14. The number of carbonyl (C=O) groups is 1. The van der Waals surface area contributed by atoms with Crippen LogP contribution in [0.25, 0.3) is 0 Å². The predicted octanol–water partition coefficient (Wildman–Crippen LogP) is 1.29. The van der Waals surface area contributed by atoms with Gasteiger partial charge in [-0.1, -0.05) is 11.6 Å². The number of hydrogen-bond acceptors (Lipinski definition) is 5. The number of benzene rings is 1. The quantitative estimate of drug-likeness (QED) is 0.881. The minimum absolute atomic E-state index is 0.0643. The van der Waals surface area contributed by atoms with Gasteiger partial charge in [0.2, 0.25) is 10.0 Å². The van der Waals surface area contributed by atoms with Crippen LogP contribution in [-0.4, -0.2) is 31.3 Å². The second-order valence-corrected chi connectivity index (χ2v) is 6.19. The van der Waals surface area contributed by atoms with Gasteiger partial charge in [0.05, 0.1) is 17.3 Å². The van der Waals surface area contributed by atoms with Gasteiger partial charge >= 0.3 is 0 Å². The molecule has 2 N–H and O–H groups in total. The Balaban J connectivity index is 2.16. The van der Waals surface area contributed by atoms with Crippen molar-refractivity contribution in [3.05, 3.63) is 47.5 Å². The van der Waals surface area contributed by atoms with E-state index in [0.29, 0.717) is 5.69 Å². The van der Waals surface area contributed by atoms with Gasteiger partial charge in [0, 0.05) is 5.69 Å². The lowest BCUT2D eigenvalue weighted by Crippen LogP contribution is -2.18. The fourth-order valence-electron chi connectivity index (χ4n) is 1.48. The van der Waals surface area contributed by atoms with E-state index in [1.807, 2.05) is 0 Å². The summed E-state index contributed by atoms with van der Waals surface area (Å²) in [6.45, 7) is 0. The predicted molar refractivity (Wildman–Crippen MR) is 77.7 cm³/mol. The molecule has 0 spiro atoms. The Kier molecular flexibility index (Phi) is 4.51. The van der Waals surface area contributed by atoms with Gasteiger partial charge in [-0.25, -0.2) is 18.1 Å². The molecule has 2 rings (SSSR count). The van der Waals surface area contributed by atoms with Gasteiger partial charge in [0.15, 0.2) is 0 Å². The Hall–Kier alpha value is -2.03. The zero-order valence-electron chi connectivity index (χ0n) is 10.9. The number of sulfonamides is 1. The minimum atomic E-state index is -3.50. The maximum absolute atomic E-state index is 11.9. The van der Waals surface area contributed by atoms with Crippen LogP contribution in [0, 0.1) is 0 Å². The lowest BCUT2D eigenvalue weighted by atomic mass is 10.3. The Morgan fingerprint density at radius 1 is 1.19 bits per heavy atom. The molecule has 0 saturated heterocycles. The second kappa shape index (κ2) is 6.17. The third kappa shape index (κ3) is 3.75. The smallest absolute Gasteiger partial charge is 0.275 e. The van der Waals surface area contributed by atoms with Crippen LogP contribution in [0.4, 0.5) is 5.69 Å². The van der Waals surface area contributed by atoms with Crippen molar-refractivity contribution in [3.8, 4) is 0 Å². The Bertz CT molecular complexity index is 762. The first kappa shape index (κ1) is 15.4. The first-order valence-corrected chi connectivity index (χ1v) is 7.61. The molecule has 0 atom stereocenters. The molecule has 0 bridgehead atoms. The largest absolute Gasteiger partial charge is 0.321 e. The summed E-state index contributed by atoms with van der Waals surface area (Å²) in [7, 11) is -2.18. The molecule has 1 aromatic carbocycles. The summed E-state index contributed by atoms with van der Waals surface area (Å²) in [6, 6.07) is 5.70. The summed E-state index contributed by atoms with van der Waals surface area (Å²) < 4.78 is 25.3. The van der Waals surface area contributed by atoms with E-state index in [9.17, 15) is 13.2 Å². The molecule has 0 fully saturated rings. The monoisotopic (exact) mass is 326 g/mol. The number of hydrogen-bond donors (Lipinski definition) is 2. The molecule has 0 unspecified atom stereocenters. The number of rotatable bonds is 4. The van der Waals surface area contributed by atoms with Crippen LogP contribution in [0.5, 0.6) is 0 Å². The van der Waals surface area contributed by atoms with E-state index in [2.05, 4.69) is 20.0 Å². The van der Waals surface area contributed by atoms with Crippen molar-refractivity contribution in [1.82, 2.24) is 14.7 Å². The summed E-state index contributed by atoms with van der Waals surface area (Å²) in [5, 5.41) is 2.68. The van der Waals surface area contributed by atoms with Crippen molar-refractivity contribution in [1.29, 1.82) is 0 Å². The van der Waals surface area contributed by atoms with Crippen LogP contribution in [0.2, 0.25) is 5.15 Å². The zero-order chi connectivity index (χ0) is 15.5. The lowest BCUT2D eigenvalue weighted by molar-refractivity contribution is 0.102. The molecule has 0 saturated carbocycles. The van der Waals surface area contributed by atoms with E-state index >= 15 is 0 Å². The first-order chi connectivity index (χ1) is 9.92. The molecule has 1 heterocycles. The summed E-state index contributed by atoms with van der Waals surface area (Å²) in [4.78, 5) is 19.6. The molecular formula is C12H11ClN4O3S. The van der Waals surface area contributed by atoms with Gasteiger partial charge in [0.1, 0.15) is 10.8 Å². The minimum Gasteiger partial charge on any atom is -0.321 e. The normalized spacial score (nSPS) is 11.1. The fraction of sp³-hybridized carbons (Fsp3) is 0.0833. The molecule has 0 radical (unpaired) electrons. The number of anilines is 1. The third-order valence-electron chi connectivity index (χ3n) is 2.53. The number of amides is 1. The molecule has 0 aliphatic heterocycles. The van der Waals surface area contributed by atoms with Crippen molar-refractivity contribution >= 4 is 33.2 Å². The van der Waals surface area contributed by atoms with E-state index in [4.69, 9.17) is 11.6 Å². The number of nitrogens with one attached hydrogen (secondary N) is 2. The Morgan fingerprint density at radius 2 is 1.86 bits per heavy atom. The van der Waals surface area contributed by atoms with Gasteiger partial charge in [-0.15, -0.1) is 0 Å². The van der Waals surface area contributed by atoms with Gasteiger partial charge in [0.25, 0.3) is 5.91 Å². The highest BCUT2D eigenvalue weighted by molar-refractivity contribution is 7.89. The fourth-order valence-corrected chi connectivity index (χ4v) is 2.36. The maximum atomic E-state index is 11.9. The van der Waals surface area contributed by atoms with Crippen molar-refractivity contribution in [2.75, 3.05) is 12.4 Å². The molecule has 0 aliphatic carbocycles. The van der Waals surface area contributed by atoms with Crippen LogP contribution in [0.3, 0.4) is 0 Å². The molecule has 1 aromatic heterocycles. The van der Waals surface area contributed by atoms with Gasteiger partial charge < -0.3 is 5.32 Å². The summed E-state index contributed by atoms with van der Waals surface area (Å²) in [5.41, 5.74) is 0.492. The van der Waals surface area contributed by atoms with E-state index in [-0.39, 0.29) is 15.7 Å². The van der Waals surface area contributed by atoms with E-state index in [0.717, 1.165) is 0 Å². The van der Waals surface area contributed by atoms with Crippen LogP contribution in [0.1, 0.15) is 10.5 Å². The SMILES string of the molecule is CNS(=O)(=O)c1ccc(NC(=O)c2cncc(Cl)n2)cc1. The average molecular weight is 327 g/mol. The molecule has 7 nitrogen and oxygen atoms in total. The second-order valence-electron chi connectivity index (χ2n) is 3.91. The molecule has 9 heteroatoms. The van der Waals surface area contributed by atoms with Crippen LogP contribution in [0.15, 0.2) is 41.6 Å². The van der Waals surface area contributed by atoms with Crippen molar-refractivity contribution in [2.24, 2.45) is 0 Å². The summed E-state index contributed by atoms with van der Waals surface area (Å²) in [6.07, 6.45) is 2.59. The Morgan fingerprint density at radius 3 is 2.43 bits per heavy atom. The van der Waals surface area contributed by atoms with Crippen LogP contribution >= 0.6 is 11.6 Å². The lowest BCUT2D eigenvalue weighted by Gasteiger charge is -2.06. The summed E-state index contributed by atoms with van der Waals surface area (Å²) in [5.74, 6) is -0.491. The van der Waals surface area contributed by atoms with E-state index < -0.39 is 15.9 Å². The van der Waals surface area contributed by atoms with Crippen LogP contribution in [-0.2, 0) is 10.0 Å². The molecular weight excluding hydrogens is 316 g/mol. The third-order valence-corrected chi connectivity index (χ3v) is 4.14. The first-order valence-electron chi connectivity index (χ1n) is 5.75. The number of carbonyl (C=O) groups excluding carboxylic acids is 1. The molecule has 2 aromatic rings. The number of aromatic nitrogens is 2. The topological polar surface area (TPSA) is 101 Å². The van der Waals surface area contributed by atoms with Crippen molar-refractivity contribution < 1.29 is 13.2 Å². The van der Waals surface area contributed by atoms with Crippen LogP contribution < -0.4 is 10.0 Å². The highest BCUT2D eigenvalue weighted by atomic mass is 35.5. The van der Waals surface area contributed by atoms with Gasteiger partial charge in [-0.3, -0.25) is 9.78 Å². The molecule has 0 aliphatic rings. The Labute approximate surface area is 126 Å². The van der Waals surface area contributed by atoms with E-state index in [1.165, 1.54) is 43.7 Å². The van der Waals surface area contributed by atoms with Gasteiger partial charge in [-0.2, -0.15) is 0 Å². The maximum Gasteiger partial charge on any atom is 0.275 e. The summed E-state index contributed by atoms with van der Waals surface area (Å²) >= 11 is 5.65. The van der Waals surface area contributed by atoms with Crippen molar-refractivity contribution in [2.45, 2.75) is 4.90 Å². The highest BCUT2D eigenvalue weighted by Gasteiger charge is 2.12. The molecule has 21 heavy (non-hydrogen) atoms. The van der Waals surface area contributed by atoms with E-state index in [1.54, 1.807) is 0 Å². The number of halogens is 1. The number of nitrogens with zero attached hydrogens (tertiary/aromatic N) is 2. The molecule has 1 amide bonds. The average Bonchev–Trinajstić information content (AvgIpc) is 2.48.